The number of hydrogen-bond acceptors (Lipinski definition) is 4. The molecule has 1 aromatic rings. The lowest BCUT2D eigenvalue weighted by Crippen LogP contribution is -2.42. The second kappa shape index (κ2) is 8.45. The summed E-state index contributed by atoms with van der Waals surface area (Å²) in [5.74, 6) is 0.199. The van der Waals surface area contributed by atoms with Crippen LogP contribution in [0.25, 0.3) is 0 Å². The minimum absolute atomic E-state index is 0.199. The van der Waals surface area contributed by atoms with E-state index in [1.807, 2.05) is 30.5 Å². The molecule has 4 heteroatoms. The van der Waals surface area contributed by atoms with Crippen molar-refractivity contribution in [3.05, 3.63) is 29.8 Å². The zero-order chi connectivity index (χ0) is 15.1. The van der Waals surface area contributed by atoms with Crippen molar-refractivity contribution in [2.24, 2.45) is 0 Å². The topological polar surface area (TPSA) is 23.6 Å². The lowest BCUT2D eigenvalue weighted by atomic mass is 10.1. The van der Waals surface area contributed by atoms with Gasteiger partial charge in [-0.3, -0.25) is 9.69 Å². The van der Waals surface area contributed by atoms with Gasteiger partial charge in [-0.15, -0.1) is 11.8 Å². The van der Waals surface area contributed by atoms with Crippen molar-refractivity contribution in [3.8, 4) is 0 Å². The second-order valence-electron chi connectivity index (χ2n) is 5.33. The average Bonchev–Trinajstić information content (AvgIpc) is 2.43. The van der Waals surface area contributed by atoms with Crippen LogP contribution in [0.2, 0.25) is 0 Å². The van der Waals surface area contributed by atoms with Gasteiger partial charge in [0.1, 0.15) is 0 Å². The smallest absolute Gasteiger partial charge is 0.176 e. The van der Waals surface area contributed by atoms with Crippen LogP contribution in [0.5, 0.6) is 0 Å². The third-order valence-electron chi connectivity index (χ3n) is 3.42. The number of likely N-dealkylation sites (N-methyl/N-ethyl adjacent to an activating group) is 2. The van der Waals surface area contributed by atoms with Gasteiger partial charge in [-0.1, -0.05) is 19.1 Å². The normalized spacial score (nSPS) is 12.9. The van der Waals surface area contributed by atoms with Crippen molar-refractivity contribution < 1.29 is 4.79 Å². The van der Waals surface area contributed by atoms with E-state index in [2.05, 4.69) is 37.7 Å². The first-order valence-corrected chi connectivity index (χ1v) is 8.26. The van der Waals surface area contributed by atoms with Gasteiger partial charge in [-0.05, 0) is 46.0 Å². The lowest BCUT2D eigenvalue weighted by Gasteiger charge is -2.29. The Balaban J connectivity index is 2.66. The maximum Gasteiger partial charge on any atom is 0.176 e. The summed E-state index contributed by atoms with van der Waals surface area (Å²) in [5, 5.41) is 0. The Morgan fingerprint density at radius 2 is 1.85 bits per heavy atom. The van der Waals surface area contributed by atoms with E-state index in [0.29, 0.717) is 12.6 Å². The Morgan fingerprint density at radius 1 is 1.25 bits per heavy atom. The van der Waals surface area contributed by atoms with Gasteiger partial charge in [0.05, 0.1) is 6.54 Å². The molecule has 0 N–H and O–H groups in total. The maximum atomic E-state index is 12.3. The highest BCUT2D eigenvalue weighted by molar-refractivity contribution is 7.98. The number of thioether (sulfide) groups is 1. The minimum Gasteiger partial charge on any atom is -0.308 e. The van der Waals surface area contributed by atoms with Gasteiger partial charge < -0.3 is 4.90 Å². The van der Waals surface area contributed by atoms with E-state index in [-0.39, 0.29) is 5.78 Å². The molecule has 0 saturated heterocycles. The van der Waals surface area contributed by atoms with Gasteiger partial charge in [0.2, 0.25) is 0 Å². The number of carbonyl (C=O) groups excluding carboxylic acids is 1. The molecule has 0 saturated carbocycles. The summed E-state index contributed by atoms with van der Waals surface area (Å²) in [5.41, 5.74) is 0.804. The number of Topliss-reactive ketones (excluding diaryl/α,β-unsaturated/α-hetero) is 1. The first-order chi connectivity index (χ1) is 9.47. The van der Waals surface area contributed by atoms with E-state index >= 15 is 0 Å². The van der Waals surface area contributed by atoms with E-state index in [1.54, 1.807) is 11.8 Å². The maximum absolute atomic E-state index is 12.3. The molecule has 1 unspecified atom stereocenters. The monoisotopic (exact) mass is 294 g/mol. The molecule has 0 aliphatic rings. The van der Waals surface area contributed by atoms with Crippen LogP contribution in [0.1, 0.15) is 24.2 Å². The number of benzene rings is 1. The Morgan fingerprint density at radius 3 is 2.30 bits per heavy atom. The van der Waals surface area contributed by atoms with Gasteiger partial charge in [-0.25, -0.2) is 0 Å². The Labute approximate surface area is 127 Å². The fourth-order valence-corrected chi connectivity index (χ4v) is 2.68. The highest BCUT2D eigenvalue weighted by Gasteiger charge is 2.17. The molecule has 1 aromatic carbocycles. The van der Waals surface area contributed by atoms with Gasteiger partial charge >= 0.3 is 0 Å². The van der Waals surface area contributed by atoms with Gasteiger partial charge in [0, 0.05) is 23.0 Å². The van der Waals surface area contributed by atoms with E-state index in [0.717, 1.165) is 18.7 Å². The highest BCUT2D eigenvalue weighted by Crippen LogP contribution is 2.15. The summed E-state index contributed by atoms with van der Waals surface area (Å²) < 4.78 is 0. The average molecular weight is 294 g/mol. The SMILES string of the molecule is CCN(CC(=O)c1ccc(SC)cc1)C(C)CN(C)C. The molecule has 0 aromatic heterocycles. The van der Waals surface area contributed by atoms with Crippen LogP contribution in [0.4, 0.5) is 0 Å². The molecule has 0 amide bonds. The lowest BCUT2D eigenvalue weighted by molar-refractivity contribution is 0.0888. The molecule has 3 nitrogen and oxygen atoms in total. The molecule has 0 spiro atoms. The van der Waals surface area contributed by atoms with Crippen LogP contribution in [-0.2, 0) is 0 Å². The fourth-order valence-electron chi connectivity index (χ4n) is 2.28. The molecule has 112 valence electrons. The van der Waals surface area contributed by atoms with Crippen LogP contribution in [-0.4, -0.2) is 61.6 Å². The molecular formula is C16H26N2OS. The second-order valence-corrected chi connectivity index (χ2v) is 6.21. The summed E-state index contributed by atoms with van der Waals surface area (Å²) in [4.78, 5) is 17.9. The molecule has 1 atom stereocenters. The third kappa shape index (κ3) is 5.27. The predicted octanol–water partition coefficient (Wildman–Crippen LogP) is 2.86. The van der Waals surface area contributed by atoms with Crippen LogP contribution in [0.15, 0.2) is 29.2 Å². The molecule has 20 heavy (non-hydrogen) atoms. The van der Waals surface area contributed by atoms with Gasteiger partial charge in [-0.2, -0.15) is 0 Å². The number of hydrogen-bond donors (Lipinski definition) is 0. The summed E-state index contributed by atoms with van der Waals surface area (Å²) in [6, 6.07) is 8.26. The van der Waals surface area contributed by atoms with Crippen molar-refractivity contribution in [1.82, 2.24) is 9.80 Å². The molecular weight excluding hydrogens is 268 g/mol. The largest absolute Gasteiger partial charge is 0.308 e. The molecule has 0 bridgehead atoms. The number of carbonyl (C=O) groups is 1. The van der Waals surface area contributed by atoms with Crippen LogP contribution in [0, 0.1) is 0 Å². The van der Waals surface area contributed by atoms with E-state index in [4.69, 9.17) is 0 Å². The summed E-state index contributed by atoms with van der Waals surface area (Å²) in [6.45, 7) is 6.63. The molecule has 0 radical (unpaired) electrons. The molecule has 0 aliphatic heterocycles. The Bertz CT molecular complexity index is 417. The molecule has 0 fully saturated rings. The number of nitrogens with zero attached hydrogens (tertiary/aromatic N) is 2. The van der Waals surface area contributed by atoms with E-state index in [9.17, 15) is 4.79 Å². The van der Waals surface area contributed by atoms with Crippen molar-refractivity contribution >= 4 is 17.5 Å². The van der Waals surface area contributed by atoms with Crippen molar-refractivity contribution in [2.45, 2.75) is 24.8 Å². The van der Waals surface area contributed by atoms with E-state index in [1.165, 1.54) is 4.90 Å². The summed E-state index contributed by atoms with van der Waals surface area (Å²) >= 11 is 1.69. The summed E-state index contributed by atoms with van der Waals surface area (Å²) in [6.07, 6.45) is 2.04. The molecule has 0 heterocycles. The van der Waals surface area contributed by atoms with Gasteiger partial charge in [0.25, 0.3) is 0 Å². The quantitative estimate of drug-likeness (QED) is 0.543. The van der Waals surface area contributed by atoms with Crippen molar-refractivity contribution in [3.63, 3.8) is 0 Å². The van der Waals surface area contributed by atoms with Crippen molar-refractivity contribution in [1.29, 1.82) is 0 Å². The first kappa shape index (κ1) is 17.2. The van der Waals surface area contributed by atoms with Gasteiger partial charge in [0.15, 0.2) is 5.78 Å². The first-order valence-electron chi connectivity index (χ1n) is 7.04. The zero-order valence-corrected chi connectivity index (χ0v) is 14.0. The number of ketones is 1. The zero-order valence-electron chi connectivity index (χ0n) is 13.2. The van der Waals surface area contributed by atoms with Crippen LogP contribution >= 0.6 is 11.8 Å². The van der Waals surface area contributed by atoms with Crippen molar-refractivity contribution in [2.75, 3.05) is 40.0 Å². The fraction of sp³-hybridized carbons (Fsp3) is 0.562. The standard InChI is InChI=1S/C16H26N2OS/c1-6-18(13(2)11-17(3)4)12-16(19)14-7-9-15(20-5)10-8-14/h7-10,13H,6,11-12H2,1-5H3. The highest BCUT2D eigenvalue weighted by atomic mass is 32.2. The Hall–Kier alpha value is -0.840. The molecule has 1 rings (SSSR count). The Kier molecular flexibility index (Phi) is 7.27. The minimum atomic E-state index is 0.199. The predicted molar refractivity (Wildman–Crippen MR) is 87.8 cm³/mol. The summed E-state index contributed by atoms with van der Waals surface area (Å²) in [7, 11) is 4.13. The van der Waals surface area contributed by atoms with E-state index < -0.39 is 0 Å². The third-order valence-corrected chi connectivity index (χ3v) is 4.16. The molecule has 0 aliphatic carbocycles. The van der Waals surface area contributed by atoms with Crippen LogP contribution in [0.3, 0.4) is 0 Å². The van der Waals surface area contributed by atoms with Crippen LogP contribution < -0.4 is 0 Å². The number of rotatable bonds is 8.